The van der Waals surface area contributed by atoms with Gasteiger partial charge in [-0.3, -0.25) is 11.3 Å². The van der Waals surface area contributed by atoms with E-state index in [1.54, 1.807) is 24.3 Å². The van der Waals surface area contributed by atoms with Gasteiger partial charge >= 0.3 is 0 Å². The molecule has 2 nitrogen and oxygen atoms in total. The summed E-state index contributed by atoms with van der Waals surface area (Å²) in [6, 6.07) is 9.28. The van der Waals surface area contributed by atoms with Crippen LogP contribution in [0.3, 0.4) is 0 Å². The third-order valence-electron chi connectivity index (χ3n) is 3.00. The van der Waals surface area contributed by atoms with Gasteiger partial charge in [0.25, 0.3) is 0 Å². The molecule has 0 amide bonds. The van der Waals surface area contributed by atoms with Crippen molar-refractivity contribution < 1.29 is 4.39 Å². The van der Waals surface area contributed by atoms with Gasteiger partial charge in [0.15, 0.2) is 0 Å². The molecule has 0 bridgehead atoms. The number of nitrogens with two attached hydrogens (primary N) is 1. The Morgan fingerprint density at radius 2 is 1.70 bits per heavy atom. The first kappa shape index (κ1) is 15.5. The van der Waals surface area contributed by atoms with Gasteiger partial charge in [-0.25, -0.2) is 4.39 Å². The fraction of sp³-hybridized carbons (Fsp3) is 0.143. The Hall–Kier alpha value is -0.840. The van der Waals surface area contributed by atoms with Crippen LogP contribution in [0.4, 0.5) is 4.39 Å². The van der Waals surface area contributed by atoms with Crippen LogP contribution < -0.4 is 11.3 Å². The zero-order valence-electron chi connectivity index (χ0n) is 10.3. The number of nitrogens with one attached hydrogen (secondary N) is 1. The zero-order valence-corrected chi connectivity index (χ0v) is 12.6. The van der Waals surface area contributed by atoms with Gasteiger partial charge in [-0.05, 0) is 30.2 Å². The van der Waals surface area contributed by atoms with Gasteiger partial charge in [0.1, 0.15) is 5.82 Å². The number of benzene rings is 2. The number of hydrogen-bond donors (Lipinski definition) is 2. The highest BCUT2D eigenvalue weighted by molar-refractivity contribution is 6.42. The minimum absolute atomic E-state index is 0.311. The van der Waals surface area contributed by atoms with Crippen LogP contribution in [0.25, 0.3) is 0 Å². The van der Waals surface area contributed by atoms with E-state index in [0.29, 0.717) is 27.1 Å². The summed E-state index contributed by atoms with van der Waals surface area (Å²) in [5.41, 5.74) is 3.65. The van der Waals surface area contributed by atoms with E-state index < -0.39 is 11.9 Å². The lowest BCUT2D eigenvalue weighted by atomic mass is 9.99. The van der Waals surface area contributed by atoms with E-state index in [1.807, 2.05) is 6.07 Å². The minimum Gasteiger partial charge on any atom is -0.271 e. The van der Waals surface area contributed by atoms with Crippen LogP contribution in [0.5, 0.6) is 0 Å². The van der Waals surface area contributed by atoms with Gasteiger partial charge in [0, 0.05) is 10.6 Å². The second kappa shape index (κ2) is 6.74. The predicted molar refractivity (Wildman–Crippen MR) is 81.6 cm³/mol. The van der Waals surface area contributed by atoms with E-state index in [4.69, 9.17) is 40.6 Å². The second-order valence-corrected chi connectivity index (χ2v) is 5.46. The fourth-order valence-corrected chi connectivity index (χ4v) is 2.71. The van der Waals surface area contributed by atoms with Crippen LogP contribution in [0.1, 0.15) is 17.2 Å². The fourth-order valence-electron chi connectivity index (χ4n) is 2.01. The van der Waals surface area contributed by atoms with Gasteiger partial charge < -0.3 is 0 Å². The molecule has 6 heteroatoms. The normalized spacial score (nSPS) is 12.4. The van der Waals surface area contributed by atoms with E-state index in [2.05, 4.69) is 5.43 Å². The van der Waals surface area contributed by atoms with Gasteiger partial charge in [-0.15, -0.1) is 0 Å². The number of halogens is 4. The molecule has 3 N–H and O–H groups in total. The Kier molecular flexibility index (Phi) is 5.24. The molecular formula is C14H12Cl3FN2. The van der Waals surface area contributed by atoms with Gasteiger partial charge in [-0.1, -0.05) is 53.0 Å². The van der Waals surface area contributed by atoms with Crippen molar-refractivity contribution in [3.8, 4) is 0 Å². The quantitative estimate of drug-likeness (QED) is 0.637. The Labute approximate surface area is 131 Å². The van der Waals surface area contributed by atoms with Crippen molar-refractivity contribution >= 4 is 34.8 Å². The second-order valence-electron chi connectivity index (χ2n) is 4.27. The van der Waals surface area contributed by atoms with Crippen LogP contribution in [-0.4, -0.2) is 0 Å². The van der Waals surface area contributed by atoms with Crippen molar-refractivity contribution in [2.45, 2.75) is 12.5 Å². The maximum atomic E-state index is 13.9. The van der Waals surface area contributed by atoms with Crippen molar-refractivity contribution in [2.24, 2.45) is 5.84 Å². The van der Waals surface area contributed by atoms with Crippen molar-refractivity contribution in [3.05, 3.63) is 68.4 Å². The van der Waals surface area contributed by atoms with Crippen LogP contribution in [0.2, 0.25) is 15.1 Å². The average molecular weight is 334 g/mol. The van der Waals surface area contributed by atoms with Crippen molar-refractivity contribution in [2.75, 3.05) is 0 Å². The Bertz CT molecular complexity index is 599. The standard InChI is InChI=1S/C14H12Cl3FN2/c15-9-4-2-6-11(18)13(9)12(20-19)7-8-3-1-5-10(16)14(8)17/h1-6,12,20H,7,19H2. The van der Waals surface area contributed by atoms with Gasteiger partial charge in [0.2, 0.25) is 0 Å². The molecule has 20 heavy (non-hydrogen) atoms. The van der Waals surface area contributed by atoms with Crippen molar-refractivity contribution in [1.29, 1.82) is 0 Å². The molecule has 0 saturated carbocycles. The highest BCUT2D eigenvalue weighted by Gasteiger charge is 2.19. The van der Waals surface area contributed by atoms with Crippen LogP contribution in [0.15, 0.2) is 36.4 Å². The highest BCUT2D eigenvalue weighted by atomic mass is 35.5. The molecule has 0 saturated heterocycles. The Balaban J connectivity index is 2.37. The molecule has 0 spiro atoms. The Morgan fingerprint density at radius 1 is 1.05 bits per heavy atom. The summed E-state index contributed by atoms with van der Waals surface area (Å²) in [6.07, 6.45) is 0.372. The third-order valence-corrected chi connectivity index (χ3v) is 4.19. The maximum absolute atomic E-state index is 13.9. The molecule has 106 valence electrons. The molecule has 0 aliphatic heterocycles. The van der Waals surface area contributed by atoms with Gasteiger partial charge in [-0.2, -0.15) is 0 Å². The Morgan fingerprint density at radius 3 is 2.35 bits per heavy atom. The third kappa shape index (κ3) is 3.25. The first-order valence-electron chi connectivity index (χ1n) is 5.87. The lowest BCUT2D eigenvalue weighted by Gasteiger charge is -2.19. The molecule has 0 radical (unpaired) electrons. The first-order valence-corrected chi connectivity index (χ1v) is 7.01. The van der Waals surface area contributed by atoms with Crippen molar-refractivity contribution in [3.63, 3.8) is 0 Å². The van der Waals surface area contributed by atoms with Crippen LogP contribution in [-0.2, 0) is 6.42 Å². The molecule has 0 heterocycles. The zero-order chi connectivity index (χ0) is 14.7. The maximum Gasteiger partial charge on any atom is 0.129 e. The lowest BCUT2D eigenvalue weighted by molar-refractivity contribution is 0.511. The summed E-state index contributed by atoms with van der Waals surface area (Å²) in [4.78, 5) is 0. The summed E-state index contributed by atoms with van der Waals surface area (Å²) >= 11 is 18.1. The molecule has 2 rings (SSSR count). The molecule has 1 unspecified atom stereocenters. The largest absolute Gasteiger partial charge is 0.271 e. The van der Waals surface area contributed by atoms with Crippen LogP contribution in [0, 0.1) is 5.82 Å². The van der Waals surface area contributed by atoms with Crippen molar-refractivity contribution in [1.82, 2.24) is 5.43 Å². The average Bonchev–Trinajstić information content (AvgIpc) is 2.42. The molecule has 1 atom stereocenters. The van der Waals surface area contributed by atoms with Crippen LogP contribution >= 0.6 is 34.8 Å². The molecule has 0 aromatic heterocycles. The first-order chi connectivity index (χ1) is 9.54. The molecule has 2 aromatic carbocycles. The van der Waals surface area contributed by atoms with E-state index in [-0.39, 0.29) is 0 Å². The molecule has 0 aliphatic carbocycles. The molecule has 2 aromatic rings. The number of hydrazine groups is 1. The van der Waals surface area contributed by atoms with Gasteiger partial charge in [0.05, 0.1) is 16.1 Å². The smallest absolute Gasteiger partial charge is 0.129 e. The summed E-state index contributed by atoms with van der Waals surface area (Å²) in [5.74, 6) is 5.11. The van der Waals surface area contributed by atoms with E-state index in [9.17, 15) is 4.39 Å². The number of rotatable bonds is 4. The molecule has 0 fully saturated rings. The highest BCUT2D eigenvalue weighted by Crippen LogP contribution is 2.32. The summed E-state index contributed by atoms with van der Waals surface area (Å²) in [6.45, 7) is 0. The van der Waals surface area contributed by atoms with E-state index >= 15 is 0 Å². The number of hydrogen-bond acceptors (Lipinski definition) is 2. The SMILES string of the molecule is NNC(Cc1cccc(Cl)c1Cl)c1c(F)cccc1Cl. The lowest BCUT2D eigenvalue weighted by Crippen LogP contribution is -2.30. The van der Waals surface area contributed by atoms with E-state index in [0.717, 1.165) is 5.56 Å². The molecule has 0 aliphatic rings. The minimum atomic E-state index is -0.500. The monoisotopic (exact) mass is 332 g/mol. The summed E-state index contributed by atoms with van der Waals surface area (Å²) < 4.78 is 13.9. The molecular weight excluding hydrogens is 322 g/mol. The topological polar surface area (TPSA) is 38.0 Å². The predicted octanol–water partition coefficient (Wildman–Crippen LogP) is 4.53. The summed E-state index contributed by atoms with van der Waals surface area (Å²) in [5, 5.41) is 1.19. The summed E-state index contributed by atoms with van der Waals surface area (Å²) in [7, 11) is 0. The van der Waals surface area contributed by atoms with E-state index in [1.165, 1.54) is 6.07 Å².